The van der Waals surface area contributed by atoms with Crippen LogP contribution in [0, 0.1) is 4.91 Å². The van der Waals surface area contributed by atoms with E-state index in [2.05, 4.69) is 0 Å². The third-order valence-electron chi connectivity index (χ3n) is 0.292. The van der Waals surface area contributed by atoms with Gasteiger partial charge in [-0.1, -0.05) is 0 Å². The van der Waals surface area contributed by atoms with E-state index in [0.29, 0.717) is 0 Å². The number of hydrogen-bond donors (Lipinski definition) is 2. The first-order valence-electron chi connectivity index (χ1n) is 1.67. The largest absolute Gasteiger partial charge is 0.522 e. The maximum Gasteiger partial charge on any atom is 0.522 e. The Bertz CT molecular complexity index is 204. The maximum atomic E-state index is 10.7. The molecule has 0 aliphatic rings. The number of alkyl halides is 3. The summed E-state index contributed by atoms with van der Waals surface area (Å²) >= 11 is 0. The van der Waals surface area contributed by atoms with Crippen molar-refractivity contribution < 1.29 is 31.3 Å². The highest BCUT2D eigenvalue weighted by molar-refractivity contribution is 7.86. The molecule has 0 aromatic rings. The number of nitrogens with zero attached hydrogens (tertiary/aromatic N) is 1. The van der Waals surface area contributed by atoms with Crippen LogP contribution >= 0.6 is 0 Å². The van der Waals surface area contributed by atoms with Crippen LogP contribution in [-0.2, 0) is 10.1 Å². The standard InChI is InChI=1S/CHF3O3S.HNO2/c2-1(3,4)8(5,6)7;2-1-3/h(H,5,6,7);(H,2,3). The van der Waals surface area contributed by atoms with Crippen molar-refractivity contribution >= 4 is 10.1 Å². The van der Waals surface area contributed by atoms with Crippen LogP contribution in [0.2, 0.25) is 0 Å². The van der Waals surface area contributed by atoms with Crippen molar-refractivity contribution in [1.29, 1.82) is 0 Å². The summed E-state index contributed by atoms with van der Waals surface area (Å²) in [6.45, 7) is 0. The van der Waals surface area contributed by atoms with Gasteiger partial charge < -0.3 is 5.21 Å². The molecule has 0 spiro atoms. The molecule has 0 aliphatic heterocycles. The van der Waals surface area contributed by atoms with Crippen LogP contribution in [0.1, 0.15) is 0 Å². The van der Waals surface area contributed by atoms with Gasteiger partial charge in [0.1, 0.15) is 0 Å². The Hall–Kier alpha value is -0.900. The fourth-order valence-electron chi connectivity index (χ4n) is 0. The van der Waals surface area contributed by atoms with Gasteiger partial charge in [0, 0.05) is 0 Å². The molecular formula is CH2F3NO5S. The molecule has 10 heteroatoms. The maximum absolute atomic E-state index is 10.7. The number of hydrogen-bond acceptors (Lipinski definition) is 4. The van der Waals surface area contributed by atoms with E-state index in [1.807, 2.05) is 0 Å². The van der Waals surface area contributed by atoms with Crippen molar-refractivity contribution in [3.05, 3.63) is 4.91 Å². The Kier molecular flexibility index (Phi) is 4.73. The zero-order chi connectivity index (χ0) is 9.71. The van der Waals surface area contributed by atoms with E-state index in [4.69, 9.17) is 23.1 Å². The fourth-order valence-corrected chi connectivity index (χ4v) is 0. The summed E-state index contributed by atoms with van der Waals surface area (Å²) in [5.41, 5.74) is -5.53. The van der Waals surface area contributed by atoms with Crippen molar-refractivity contribution in [2.75, 3.05) is 0 Å². The molecule has 6 nitrogen and oxygen atoms in total. The van der Waals surface area contributed by atoms with Gasteiger partial charge in [0.05, 0.1) is 0 Å². The second-order valence-corrected chi connectivity index (χ2v) is 2.42. The highest BCUT2D eigenvalue weighted by Gasteiger charge is 2.44. The molecule has 0 aromatic heterocycles. The zero-order valence-electron chi connectivity index (χ0n) is 4.61. The summed E-state index contributed by atoms with van der Waals surface area (Å²) < 4.78 is 57.5. The van der Waals surface area contributed by atoms with Crippen LogP contribution in [0.5, 0.6) is 0 Å². The highest BCUT2D eigenvalue weighted by Crippen LogP contribution is 2.20. The van der Waals surface area contributed by atoms with Gasteiger partial charge in [-0.05, 0) is 0 Å². The lowest BCUT2D eigenvalue weighted by Crippen LogP contribution is -2.21. The molecular weight excluding hydrogens is 195 g/mol. The molecule has 0 fully saturated rings. The summed E-state index contributed by atoms with van der Waals surface area (Å²) in [5.74, 6) is 0. The van der Waals surface area contributed by atoms with Crippen molar-refractivity contribution in [1.82, 2.24) is 0 Å². The molecule has 0 aliphatic carbocycles. The minimum Gasteiger partial charge on any atom is -0.379 e. The van der Waals surface area contributed by atoms with Gasteiger partial charge in [-0.3, -0.25) is 4.55 Å². The van der Waals surface area contributed by atoms with Gasteiger partial charge in [-0.15, -0.1) is 4.91 Å². The fraction of sp³-hybridized carbons (Fsp3) is 1.00. The number of rotatable bonds is 0. The van der Waals surface area contributed by atoms with Crippen LogP contribution < -0.4 is 0 Å². The summed E-state index contributed by atoms with van der Waals surface area (Å²) in [6.07, 6.45) is 0. The molecule has 0 amide bonds. The Morgan fingerprint density at radius 3 is 1.36 bits per heavy atom. The van der Waals surface area contributed by atoms with Crippen molar-refractivity contribution in [2.45, 2.75) is 5.51 Å². The van der Waals surface area contributed by atoms with Crippen LogP contribution in [-0.4, -0.2) is 23.7 Å². The van der Waals surface area contributed by atoms with Crippen LogP contribution in [0.4, 0.5) is 13.2 Å². The van der Waals surface area contributed by atoms with Gasteiger partial charge in [0.2, 0.25) is 0 Å². The average molecular weight is 197 g/mol. The summed E-state index contributed by atoms with van der Waals surface area (Å²) in [7, 11) is -5.84. The molecule has 0 radical (unpaired) electrons. The normalized spacial score (nSPS) is 11.3. The van der Waals surface area contributed by atoms with Gasteiger partial charge in [0.15, 0.2) is 5.34 Å². The summed E-state index contributed by atoms with van der Waals surface area (Å²) in [6, 6.07) is 0. The smallest absolute Gasteiger partial charge is 0.379 e. The van der Waals surface area contributed by atoms with E-state index in [1.165, 1.54) is 5.34 Å². The van der Waals surface area contributed by atoms with Crippen LogP contribution in [0.3, 0.4) is 0 Å². The van der Waals surface area contributed by atoms with E-state index < -0.39 is 15.6 Å². The SMILES string of the molecule is O=NO.O=S(=O)(O)C(F)(F)F. The van der Waals surface area contributed by atoms with Crippen molar-refractivity contribution in [2.24, 2.45) is 5.34 Å². The third-order valence-corrected chi connectivity index (χ3v) is 0.877. The van der Waals surface area contributed by atoms with Crippen LogP contribution in [0.15, 0.2) is 5.34 Å². The lowest BCUT2D eigenvalue weighted by molar-refractivity contribution is -0.0510. The first kappa shape index (κ1) is 12.7. The summed E-state index contributed by atoms with van der Waals surface area (Å²) in [5, 5.41) is 7.89. The molecule has 11 heavy (non-hydrogen) atoms. The topological polar surface area (TPSA) is 104 Å². The predicted molar refractivity (Wildman–Crippen MR) is 25.2 cm³/mol. The molecule has 0 saturated heterocycles. The Morgan fingerprint density at radius 1 is 1.27 bits per heavy atom. The Balaban J connectivity index is 0. The lowest BCUT2D eigenvalue weighted by Gasteiger charge is -1.97. The first-order chi connectivity index (χ1) is 4.66. The van der Waals surface area contributed by atoms with Crippen molar-refractivity contribution in [3.8, 4) is 0 Å². The van der Waals surface area contributed by atoms with E-state index in [-0.39, 0.29) is 0 Å². The molecule has 0 atom stereocenters. The molecule has 0 bridgehead atoms. The second-order valence-electron chi connectivity index (χ2n) is 1.00. The molecule has 0 saturated carbocycles. The van der Waals surface area contributed by atoms with E-state index in [1.54, 1.807) is 0 Å². The highest BCUT2D eigenvalue weighted by atomic mass is 32.2. The summed E-state index contributed by atoms with van der Waals surface area (Å²) in [4.78, 5) is 8.11. The van der Waals surface area contributed by atoms with E-state index in [9.17, 15) is 13.2 Å². The molecule has 0 unspecified atom stereocenters. The minimum absolute atomic E-state index is 1.25. The van der Waals surface area contributed by atoms with Gasteiger partial charge in [-0.2, -0.15) is 21.6 Å². The van der Waals surface area contributed by atoms with Crippen LogP contribution in [0.25, 0.3) is 0 Å². The number of halogens is 3. The molecule has 0 aromatic carbocycles. The molecule has 68 valence electrons. The second kappa shape index (κ2) is 4.08. The Morgan fingerprint density at radius 2 is 1.36 bits per heavy atom. The average Bonchev–Trinajstić information content (AvgIpc) is 1.60. The lowest BCUT2D eigenvalue weighted by atomic mass is 11.6. The van der Waals surface area contributed by atoms with Gasteiger partial charge in [0.25, 0.3) is 0 Å². The monoisotopic (exact) mass is 197 g/mol. The quantitative estimate of drug-likeness (QED) is 0.255. The minimum atomic E-state index is -5.84. The molecule has 2 N–H and O–H groups in total. The van der Waals surface area contributed by atoms with Gasteiger partial charge >= 0.3 is 15.6 Å². The van der Waals surface area contributed by atoms with Crippen molar-refractivity contribution in [3.63, 3.8) is 0 Å². The molecule has 0 rings (SSSR count). The van der Waals surface area contributed by atoms with E-state index >= 15 is 0 Å². The Labute approximate surface area is 58.3 Å². The third kappa shape index (κ3) is 6.99. The van der Waals surface area contributed by atoms with E-state index in [0.717, 1.165) is 0 Å². The van der Waals surface area contributed by atoms with Gasteiger partial charge in [-0.25, -0.2) is 0 Å². The first-order valence-corrected chi connectivity index (χ1v) is 3.11. The zero-order valence-corrected chi connectivity index (χ0v) is 5.43. The molecule has 0 heterocycles. The predicted octanol–water partition coefficient (Wildman–Crippen LogP) is 0.536.